The van der Waals surface area contributed by atoms with Crippen molar-refractivity contribution < 1.29 is 9.59 Å². The number of anilines is 2. The Hall–Kier alpha value is -2.41. The molecule has 0 aliphatic heterocycles. The van der Waals surface area contributed by atoms with Gasteiger partial charge in [0.2, 0.25) is 11.8 Å². The van der Waals surface area contributed by atoms with Gasteiger partial charge in [-0.05, 0) is 37.3 Å². The van der Waals surface area contributed by atoms with Crippen LogP contribution in [-0.4, -0.2) is 27.0 Å². The standard InChI is InChI=1S/C15H16N4O2S/c1-10(22-15-16-8-3-9-17-15)14(21)19-13-6-4-12(5-7-13)18-11(2)20/h3-10H,1-2H3,(H,18,20)(H,19,21)/t10-/m1/s1. The van der Waals surface area contributed by atoms with Gasteiger partial charge in [0.05, 0.1) is 5.25 Å². The maximum Gasteiger partial charge on any atom is 0.237 e. The molecule has 0 spiro atoms. The van der Waals surface area contributed by atoms with E-state index in [2.05, 4.69) is 20.6 Å². The minimum Gasteiger partial charge on any atom is -0.326 e. The van der Waals surface area contributed by atoms with E-state index in [4.69, 9.17) is 0 Å². The molecule has 0 saturated carbocycles. The highest BCUT2D eigenvalue weighted by Crippen LogP contribution is 2.20. The van der Waals surface area contributed by atoms with E-state index in [0.717, 1.165) is 0 Å². The molecular formula is C15H16N4O2S. The highest BCUT2D eigenvalue weighted by Gasteiger charge is 2.15. The maximum atomic E-state index is 12.1. The monoisotopic (exact) mass is 316 g/mol. The second-order valence-corrected chi connectivity index (χ2v) is 5.85. The molecule has 2 amide bonds. The Balaban J connectivity index is 1.92. The predicted molar refractivity (Wildman–Crippen MR) is 86.7 cm³/mol. The van der Waals surface area contributed by atoms with Crippen LogP contribution in [0.2, 0.25) is 0 Å². The van der Waals surface area contributed by atoms with E-state index in [1.807, 2.05) is 0 Å². The number of hydrogen-bond donors (Lipinski definition) is 2. The molecule has 1 heterocycles. The number of carbonyl (C=O) groups is 2. The molecule has 1 aromatic carbocycles. The molecule has 0 radical (unpaired) electrons. The molecule has 0 bridgehead atoms. The van der Waals surface area contributed by atoms with Crippen LogP contribution in [0.1, 0.15) is 13.8 Å². The van der Waals surface area contributed by atoms with E-state index >= 15 is 0 Å². The van der Waals surface area contributed by atoms with Crippen LogP contribution in [0, 0.1) is 0 Å². The number of amides is 2. The first kappa shape index (κ1) is 16.0. The van der Waals surface area contributed by atoms with Crippen LogP contribution in [0.25, 0.3) is 0 Å². The lowest BCUT2D eigenvalue weighted by Gasteiger charge is -2.11. The highest BCUT2D eigenvalue weighted by molar-refractivity contribution is 8.00. The van der Waals surface area contributed by atoms with Crippen LogP contribution in [0.3, 0.4) is 0 Å². The molecule has 1 atom stereocenters. The lowest BCUT2D eigenvalue weighted by atomic mass is 10.2. The summed E-state index contributed by atoms with van der Waals surface area (Å²) in [7, 11) is 0. The summed E-state index contributed by atoms with van der Waals surface area (Å²) in [6, 6.07) is 8.66. The summed E-state index contributed by atoms with van der Waals surface area (Å²) in [5.74, 6) is -0.269. The zero-order valence-corrected chi connectivity index (χ0v) is 13.1. The normalized spacial score (nSPS) is 11.5. The molecule has 22 heavy (non-hydrogen) atoms. The predicted octanol–water partition coefficient (Wildman–Crippen LogP) is 2.55. The Labute approximate surface area is 132 Å². The van der Waals surface area contributed by atoms with Crippen molar-refractivity contribution >= 4 is 35.0 Å². The molecule has 0 aliphatic rings. The maximum absolute atomic E-state index is 12.1. The van der Waals surface area contributed by atoms with E-state index in [1.54, 1.807) is 49.6 Å². The number of carbonyl (C=O) groups excluding carboxylic acids is 2. The largest absolute Gasteiger partial charge is 0.326 e. The third-order valence-corrected chi connectivity index (χ3v) is 3.66. The first-order chi connectivity index (χ1) is 10.5. The van der Waals surface area contributed by atoms with Crippen molar-refractivity contribution in [2.75, 3.05) is 10.6 Å². The summed E-state index contributed by atoms with van der Waals surface area (Å²) in [5.41, 5.74) is 1.35. The number of rotatable bonds is 5. The molecule has 2 N–H and O–H groups in total. The van der Waals surface area contributed by atoms with Crippen LogP contribution in [-0.2, 0) is 9.59 Å². The van der Waals surface area contributed by atoms with Crippen molar-refractivity contribution in [1.29, 1.82) is 0 Å². The summed E-state index contributed by atoms with van der Waals surface area (Å²) in [6.07, 6.45) is 3.28. The number of benzene rings is 1. The van der Waals surface area contributed by atoms with Gasteiger partial charge in [-0.1, -0.05) is 11.8 Å². The Morgan fingerprint density at radius 1 is 1.05 bits per heavy atom. The van der Waals surface area contributed by atoms with E-state index < -0.39 is 0 Å². The topological polar surface area (TPSA) is 84.0 Å². The number of nitrogens with zero attached hydrogens (tertiary/aromatic N) is 2. The van der Waals surface area contributed by atoms with E-state index in [9.17, 15) is 9.59 Å². The van der Waals surface area contributed by atoms with Crippen LogP contribution in [0.4, 0.5) is 11.4 Å². The minimum absolute atomic E-state index is 0.135. The Kier molecular flexibility index (Phi) is 5.48. The molecule has 0 unspecified atom stereocenters. The summed E-state index contributed by atoms with van der Waals surface area (Å²) in [4.78, 5) is 31.2. The first-order valence-electron chi connectivity index (χ1n) is 6.67. The summed E-state index contributed by atoms with van der Waals surface area (Å²) < 4.78 is 0. The van der Waals surface area contributed by atoms with E-state index in [1.165, 1.54) is 18.7 Å². The van der Waals surface area contributed by atoms with E-state index in [0.29, 0.717) is 16.5 Å². The molecule has 0 saturated heterocycles. The molecule has 114 valence electrons. The van der Waals surface area contributed by atoms with Gasteiger partial charge in [0, 0.05) is 30.7 Å². The van der Waals surface area contributed by atoms with Crippen molar-refractivity contribution in [1.82, 2.24) is 9.97 Å². The van der Waals surface area contributed by atoms with Crippen LogP contribution in [0.5, 0.6) is 0 Å². The van der Waals surface area contributed by atoms with Gasteiger partial charge in [-0.15, -0.1) is 0 Å². The molecule has 6 nitrogen and oxygen atoms in total. The van der Waals surface area contributed by atoms with Gasteiger partial charge in [0.15, 0.2) is 5.16 Å². The Morgan fingerprint density at radius 3 is 2.14 bits per heavy atom. The van der Waals surface area contributed by atoms with Gasteiger partial charge in [-0.25, -0.2) is 9.97 Å². The molecule has 0 fully saturated rings. The average molecular weight is 316 g/mol. The summed E-state index contributed by atoms with van der Waals surface area (Å²) in [5, 5.41) is 5.72. The third-order valence-electron chi connectivity index (χ3n) is 2.67. The quantitative estimate of drug-likeness (QED) is 0.654. The zero-order valence-electron chi connectivity index (χ0n) is 12.2. The molecule has 2 aromatic rings. The number of thioether (sulfide) groups is 1. The molecule has 1 aromatic heterocycles. The number of nitrogens with one attached hydrogen (secondary N) is 2. The second kappa shape index (κ2) is 7.56. The zero-order chi connectivity index (χ0) is 15.9. The van der Waals surface area contributed by atoms with Gasteiger partial charge in [0.1, 0.15) is 0 Å². The van der Waals surface area contributed by atoms with Gasteiger partial charge in [-0.2, -0.15) is 0 Å². The van der Waals surface area contributed by atoms with Crippen LogP contribution in [0.15, 0.2) is 47.9 Å². The van der Waals surface area contributed by atoms with Gasteiger partial charge < -0.3 is 10.6 Å². The highest BCUT2D eigenvalue weighted by atomic mass is 32.2. The number of aromatic nitrogens is 2. The summed E-state index contributed by atoms with van der Waals surface area (Å²) in [6.45, 7) is 3.24. The fourth-order valence-electron chi connectivity index (χ4n) is 1.64. The van der Waals surface area contributed by atoms with Crippen molar-refractivity contribution in [2.24, 2.45) is 0 Å². The van der Waals surface area contributed by atoms with Gasteiger partial charge in [-0.3, -0.25) is 9.59 Å². The first-order valence-corrected chi connectivity index (χ1v) is 7.55. The Morgan fingerprint density at radius 2 is 1.59 bits per heavy atom. The Bertz CT molecular complexity index is 646. The van der Waals surface area contributed by atoms with Crippen molar-refractivity contribution in [3.63, 3.8) is 0 Å². The van der Waals surface area contributed by atoms with Crippen molar-refractivity contribution in [3.8, 4) is 0 Å². The van der Waals surface area contributed by atoms with Crippen LogP contribution < -0.4 is 10.6 Å². The fraction of sp³-hybridized carbons (Fsp3) is 0.200. The fourth-order valence-corrected chi connectivity index (χ4v) is 2.37. The summed E-state index contributed by atoms with van der Waals surface area (Å²) >= 11 is 1.29. The lowest BCUT2D eigenvalue weighted by molar-refractivity contribution is -0.115. The molecule has 7 heteroatoms. The third kappa shape index (κ3) is 4.85. The molecule has 2 rings (SSSR count). The minimum atomic E-state index is -0.322. The SMILES string of the molecule is CC(=O)Nc1ccc(NC(=O)[C@@H](C)Sc2ncccn2)cc1. The van der Waals surface area contributed by atoms with Crippen molar-refractivity contribution in [2.45, 2.75) is 24.3 Å². The van der Waals surface area contributed by atoms with Crippen LogP contribution >= 0.6 is 11.8 Å². The smallest absolute Gasteiger partial charge is 0.237 e. The molecular weight excluding hydrogens is 300 g/mol. The van der Waals surface area contributed by atoms with Crippen molar-refractivity contribution in [3.05, 3.63) is 42.7 Å². The number of hydrogen-bond acceptors (Lipinski definition) is 5. The average Bonchev–Trinajstić information content (AvgIpc) is 2.49. The van der Waals surface area contributed by atoms with Gasteiger partial charge in [0.25, 0.3) is 0 Å². The lowest BCUT2D eigenvalue weighted by Crippen LogP contribution is -2.22. The van der Waals surface area contributed by atoms with Gasteiger partial charge >= 0.3 is 0 Å². The molecule has 0 aliphatic carbocycles. The van der Waals surface area contributed by atoms with E-state index in [-0.39, 0.29) is 17.1 Å². The second-order valence-electron chi connectivity index (χ2n) is 4.54.